The molecule has 6 nitrogen and oxygen atoms in total. The third kappa shape index (κ3) is 4.10. The number of carbonyl (C=O) groups excluding carboxylic acids is 1. The molecular weight excluding hydrogens is 310 g/mol. The number of nitro benzene ring substituents is 1. The van der Waals surface area contributed by atoms with Crippen LogP contribution in [0.25, 0.3) is 0 Å². The number of aryl methyl sites for hydroxylation is 1. The number of ketones is 1. The summed E-state index contributed by atoms with van der Waals surface area (Å²) in [5.74, 6) is 1.14. The molecule has 0 atom stereocenters. The summed E-state index contributed by atoms with van der Waals surface area (Å²) in [7, 11) is 0. The number of hydrogen-bond donors (Lipinski definition) is 0. The van der Waals surface area contributed by atoms with Crippen LogP contribution in [0.15, 0.2) is 36.4 Å². The average molecular weight is 329 g/mol. The molecule has 6 heteroatoms. The lowest BCUT2D eigenvalue weighted by atomic mass is 10.1. The minimum absolute atomic E-state index is 0.0366. The molecule has 0 spiro atoms. The monoisotopic (exact) mass is 329 g/mol. The Kier molecular flexibility index (Phi) is 5.52. The molecule has 0 heterocycles. The van der Waals surface area contributed by atoms with Crippen molar-refractivity contribution in [1.82, 2.24) is 0 Å². The molecule has 0 aliphatic rings. The zero-order chi connectivity index (χ0) is 17.7. The first-order valence-corrected chi connectivity index (χ1v) is 7.57. The van der Waals surface area contributed by atoms with E-state index in [2.05, 4.69) is 0 Å². The van der Waals surface area contributed by atoms with Crippen LogP contribution in [0.5, 0.6) is 11.5 Å². The Bertz CT molecular complexity index is 770. The average Bonchev–Trinajstić information content (AvgIpc) is 2.53. The lowest BCUT2D eigenvalue weighted by Crippen LogP contribution is -2.04. The molecule has 24 heavy (non-hydrogen) atoms. The maximum Gasteiger partial charge on any atom is 0.272 e. The summed E-state index contributed by atoms with van der Waals surface area (Å²) in [4.78, 5) is 22.0. The van der Waals surface area contributed by atoms with Crippen molar-refractivity contribution in [3.05, 3.63) is 63.2 Å². The third-order valence-corrected chi connectivity index (χ3v) is 3.53. The minimum atomic E-state index is -0.428. The zero-order valence-electron chi connectivity index (χ0n) is 13.9. The minimum Gasteiger partial charge on any atom is -0.493 e. The zero-order valence-corrected chi connectivity index (χ0v) is 13.9. The molecule has 0 saturated heterocycles. The first-order chi connectivity index (χ1) is 11.4. The standard InChI is InChI=1S/C18H19NO5/c1-4-23-18-8-5-14(13(3)20)10-15(18)11-24-16-6-7-17(19(21)22)12(2)9-16/h5-10H,4,11H2,1-3H3. The number of hydrogen-bond acceptors (Lipinski definition) is 5. The summed E-state index contributed by atoms with van der Waals surface area (Å²) in [6, 6.07) is 9.80. The van der Waals surface area contributed by atoms with Gasteiger partial charge in [-0.3, -0.25) is 14.9 Å². The second-order valence-corrected chi connectivity index (χ2v) is 5.31. The van der Waals surface area contributed by atoms with E-state index in [0.717, 1.165) is 5.56 Å². The number of nitrogens with zero attached hydrogens (tertiary/aromatic N) is 1. The number of Topliss-reactive ketones (excluding diaryl/α,β-unsaturated/α-hetero) is 1. The summed E-state index contributed by atoms with van der Waals surface area (Å²) in [6.07, 6.45) is 0. The van der Waals surface area contributed by atoms with Gasteiger partial charge in [0.25, 0.3) is 5.69 Å². The van der Waals surface area contributed by atoms with Crippen molar-refractivity contribution in [2.75, 3.05) is 6.61 Å². The van der Waals surface area contributed by atoms with Crippen LogP contribution in [0.2, 0.25) is 0 Å². The summed E-state index contributed by atoms with van der Waals surface area (Å²) in [5, 5.41) is 10.8. The van der Waals surface area contributed by atoms with Crippen LogP contribution >= 0.6 is 0 Å². The molecule has 0 radical (unpaired) electrons. The van der Waals surface area contributed by atoms with Gasteiger partial charge >= 0.3 is 0 Å². The Balaban J connectivity index is 2.21. The van der Waals surface area contributed by atoms with Gasteiger partial charge in [-0.25, -0.2) is 0 Å². The molecule has 126 valence electrons. The van der Waals surface area contributed by atoms with E-state index < -0.39 is 4.92 Å². The van der Waals surface area contributed by atoms with Crippen LogP contribution in [0.4, 0.5) is 5.69 Å². The van der Waals surface area contributed by atoms with Crippen molar-refractivity contribution >= 4 is 11.5 Å². The molecule has 0 saturated carbocycles. The van der Waals surface area contributed by atoms with Crippen molar-refractivity contribution in [3.8, 4) is 11.5 Å². The van der Waals surface area contributed by atoms with Gasteiger partial charge < -0.3 is 9.47 Å². The van der Waals surface area contributed by atoms with Gasteiger partial charge in [-0.15, -0.1) is 0 Å². The maximum atomic E-state index is 11.5. The highest BCUT2D eigenvalue weighted by atomic mass is 16.6. The summed E-state index contributed by atoms with van der Waals surface area (Å²) in [6.45, 7) is 5.74. The molecule has 2 aromatic carbocycles. The molecule has 2 rings (SSSR count). The number of ether oxygens (including phenoxy) is 2. The van der Waals surface area contributed by atoms with Crippen molar-refractivity contribution in [1.29, 1.82) is 0 Å². The topological polar surface area (TPSA) is 78.7 Å². The summed E-state index contributed by atoms with van der Waals surface area (Å²) >= 11 is 0. The molecule has 0 aliphatic carbocycles. The van der Waals surface area contributed by atoms with Crippen LogP contribution < -0.4 is 9.47 Å². The van der Waals surface area contributed by atoms with Gasteiger partial charge in [0.15, 0.2) is 5.78 Å². The molecule has 0 unspecified atom stereocenters. The fourth-order valence-electron chi connectivity index (χ4n) is 2.29. The van der Waals surface area contributed by atoms with E-state index in [4.69, 9.17) is 9.47 Å². The van der Waals surface area contributed by atoms with Gasteiger partial charge in [0.05, 0.1) is 11.5 Å². The van der Waals surface area contributed by atoms with E-state index in [9.17, 15) is 14.9 Å². The van der Waals surface area contributed by atoms with Gasteiger partial charge in [0.1, 0.15) is 18.1 Å². The van der Waals surface area contributed by atoms with E-state index in [0.29, 0.717) is 29.2 Å². The highest BCUT2D eigenvalue weighted by molar-refractivity contribution is 5.94. The largest absolute Gasteiger partial charge is 0.493 e. The second kappa shape index (κ2) is 7.59. The van der Waals surface area contributed by atoms with E-state index in [1.165, 1.54) is 13.0 Å². The Hall–Kier alpha value is -2.89. The van der Waals surface area contributed by atoms with Gasteiger partial charge in [0, 0.05) is 22.8 Å². The smallest absolute Gasteiger partial charge is 0.272 e. The molecule has 0 bridgehead atoms. The summed E-state index contributed by atoms with van der Waals surface area (Å²) < 4.78 is 11.3. The third-order valence-electron chi connectivity index (χ3n) is 3.53. The van der Waals surface area contributed by atoms with Gasteiger partial charge in [-0.1, -0.05) is 0 Å². The molecule has 0 amide bonds. The normalized spacial score (nSPS) is 10.3. The number of rotatable bonds is 7. The van der Waals surface area contributed by atoms with E-state index in [1.54, 1.807) is 37.3 Å². The molecule has 0 N–H and O–H groups in total. The lowest BCUT2D eigenvalue weighted by Gasteiger charge is -2.13. The number of nitro groups is 1. The Morgan fingerprint density at radius 3 is 2.50 bits per heavy atom. The highest BCUT2D eigenvalue weighted by Crippen LogP contribution is 2.26. The Morgan fingerprint density at radius 2 is 1.92 bits per heavy atom. The van der Waals surface area contributed by atoms with Crippen LogP contribution in [0, 0.1) is 17.0 Å². The van der Waals surface area contributed by atoms with Crippen LogP contribution in [-0.4, -0.2) is 17.3 Å². The fraction of sp³-hybridized carbons (Fsp3) is 0.278. The Morgan fingerprint density at radius 1 is 1.17 bits per heavy atom. The van der Waals surface area contributed by atoms with Crippen molar-refractivity contribution in [2.24, 2.45) is 0 Å². The number of benzene rings is 2. The van der Waals surface area contributed by atoms with Crippen LogP contribution in [-0.2, 0) is 6.61 Å². The first-order valence-electron chi connectivity index (χ1n) is 7.57. The predicted molar refractivity (Wildman–Crippen MR) is 89.8 cm³/mol. The summed E-state index contributed by atoms with van der Waals surface area (Å²) in [5.41, 5.74) is 1.91. The highest BCUT2D eigenvalue weighted by Gasteiger charge is 2.12. The molecule has 0 aromatic heterocycles. The lowest BCUT2D eigenvalue weighted by molar-refractivity contribution is -0.385. The van der Waals surface area contributed by atoms with Crippen molar-refractivity contribution < 1.29 is 19.2 Å². The van der Waals surface area contributed by atoms with Crippen LogP contribution in [0.3, 0.4) is 0 Å². The number of carbonyl (C=O) groups is 1. The first kappa shape index (κ1) is 17.5. The van der Waals surface area contributed by atoms with E-state index in [-0.39, 0.29) is 18.1 Å². The van der Waals surface area contributed by atoms with E-state index >= 15 is 0 Å². The predicted octanol–water partition coefficient (Wildman–Crippen LogP) is 4.08. The SMILES string of the molecule is CCOc1ccc(C(C)=O)cc1COc1ccc([N+](=O)[O-])c(C)c1. The van der Waals surface area contributed by atoms with Gasteiger partial charge in [0.2, 0.25) is 0 Å². The molecular formula is C18H19NO5. The van der Waals surface area contributed by atoms with Crippen LogP contribution in [0.1, 0.15) is 35.3 Å². The van der Waals surface area contributed by atoms with Crippen molar-refractivity contribution in [3.63, 3.8) is 0 Å². The fourth-order valence-corrected chi connectivity index (χ4v) is 2.29. The van der Waals surface area contributed by atoms with Crippen molar-refractivity contribution in [2.45, 2.75) is 27.4 Å². The van der Waals surface area contributed by atoms with Gasteiger partial charge in [-0.2, -0.15) is 0 Å². The Labute approximate surface area is 140 Å². The second-order valence-electron chi connectivity index (χ2n) is 5.31. The maximum absolute atomic E-state index is 11.5. The molecule has 2 aromatic rings. The quantitative estimate of drug-likeness (QED) is 0.434. The van der Waals surface area contributed by atoms with E-state index in [1.807, 2.05) is 6.92 Å². The molecule has 0 fully saturated rings. The van der Waals surface area contributed by atoms with Gasteiger partial charge in [-0.05, 0) is 51.1 Å². The molecule has 0 aliphatic heterocycles.